The van der Waals surface area contributed by atoms with Crippen LogP contribution >= 0.6 is 0 Å². The van der Waals surface area contributed by atoms with Gasteiger partial charge in [0.05, 0.1) is 6.61 Å². The van der Waals surface area contributed by atoms with Gasteiger partial charge in [-0.2, -0.15) is 0 Å². The average Bonchev–Trinajstić information content (AvgIpc) is 2.50. The van der Waals surface area contributed by atoms with E-state index in [1.807, 2.05) is 0 Å². The highest BCUT2D eigenvalue weighted by atomic mass is 16.5. The molecule has 1 aromatic rings. The first-order chi connectivity index (χ1) is 9.90. The summed E-state index contributed by atoms with van der Waals surface area (Å²) in [6, 6.07) is 8.82. The Hall–Kier alpha value is -0.900. The standard InChI is InChI=1S/C17H28N2O/c1-2-3-13-20-14-10-18-9-12-19-11-8-16-6-4-5-7-17(16)15-19/h4-7,18H,2-3,8-15H2,1H3. The lowest BCUT2D eigenvalue weighted by Gasteiger charge is -2.28. The maximum Gasteiger partial charge on any atom is 0.0590 e. The first-order valence-corrected chi connectivity index (χ1v) is 7.97. The summed E-state index contributed by atoms with van der Waals surface area (Å²) in [6.07, 6.45) is 3.58. The Morgan fingerprint density at radius 1 is 1.15 bits per heavy atom. The highest BCUT2D eigenvalue weighted by Gasteiger charge is 2.14. The molecule has 0 aromatic heterocycles. The van der Waals surface area contributed by atoms with Crippen LogP contribution in [0.15, 0.2) is 24.3 Å². The van der Waals surface area contributed by atoms with Gasteiger partial charge in [-0.1, -0.05) is 37.6 Å². The predicted octanol–water partition coefficient (Wildman–Crippen LogP) is 2.45. The van der Waals surface area contributed by atoms with E-state index in [-0.39, 0.29) is 0 Å². The van der Waals surface area contributed by atoms with Crippen LogP contribution in [0, 0.1) is 0 Å². The highest BCUT2D eigenvalue weighted by molar-refractivity contribution is 5.28. The molecule has 0 unspecified atom stereocenters. The Kier molecular flexibility index (Phi) is 7.06. The number of benzene rings is 1. The van der Waals surface area contributed by atoms with Gasteiger partial charge in [-0.05, 0) is 24.0 Å². The molecule has 0 spiro atoms. The topological polar surface area (TPSA) is 24.5 Å². The number of hydrogen-bond donors (Lipinski definition) is 1. The van der Waals surface area contributed by atoms with Crippen LogP contribution in [0.4, 0.5) is 0 Å². The maximum atomic E-state index is 5.54. The van der Waals surface area contributed by atoms with E-state index in [2.05, 4.69) is 41.4 Å². The summed E-state index contributed by atoms with van der Waals surface area (Å²) in [7, 11) is 0. The normalized spacial score (nSPS) is 15.2. The Morgan fingerprint density at radius 3 is 2.85 bits per heavy atom. The molecule has 3 nitrogen and oxygen atoms in total. The number of nitrogens with one attached hydrogen (secondary N) is 1. The SMILES string of the molecule is CCCCOCCNCCN1CCc2ccccc2C1. The third-order valence-corrected chi connectivity index (χ3v) is 3.88. The molecule has 3 heteroatoms. The second kappa shape index (κ2) is 9.11. The van der Waals surface area contributed by atoms with Gasteiger partial charge in [0.15, 0.2) is 0 Å². The lowest BCUT2D eigenvalue weighted by molar-refractivity contribution is 0.132. The molecule has 1 aliphatic rings. The number of unbranched alkanes of at least 4 members (excludes halogenated alkanes) is 1. The smallest absolute Gasteiger partial charge is 0.0590 e. The minimum Gasteiger partial charge on any atom is -0.380 e. The van der Waals surface area contributed by atoms with E-state index in [0.717, 1.165) is 39.4 Å². The molecule has 1 aliphatic heterocycles. The molecule has 0 saturated heterocycles. The largest absolute Gasteiger partial charge is 0.380 e. The van der Waals surface area contributed by atoms with Crippen molar-refractivity contribution < 1.29 is 4.74 Å². The molecule has 0 fully saturated rings. The van der Waals surface area contributed by atoms with Gasteiger partial charge in [-0.3, -0.25) is 4.90 Å². The molecule has 112 valence electrons. The quantitative estimate of drug-likeness (QED) is 0.701. The summed E-state index contributed by atoms with van der Waals surface area (Å²) in [4.78, 5) is 2.53. The number of nitrogens with zero attached hydrogens (tertiary/aromatic N) is 1. The van der Waals surface area contributed by atoms with Gasteiger partial charge in [0.25, 0.3) is 0 Å². The van der Waals surface area contributed by atoms with Crippen LogP contribution in [0.2, 0.25) is 0 Å². The van der Waals surface area contributed by atoms with E-state index >= 15 is 0 Å². The third-order valence-electron chi connectivity index (χ3n) is 3.88. The molecule has 2 rings (SSSR count). The van der Waals surface area contributed by atoms with Crippen molar-refractivity contribution in [1.82, 2.24) is 10.2 Å². The number of hydrogen-bond acceptors (Lipinski definition) is 3. The summed E-state index contributed by atoms with van der Waals surface area (Å²) in [5, 5.41) is 3.47. The van der Waals surface area contributed by atoms with E-state index < -0.39 is 0 Å². The highest BCUT2D eigenvalue weighted by Crippen LogP contribution is 2.17. The van der Waals surface area contributed by atoms with Crippen LogP contribution in [-0.4, -0.2) is 44.3 Å². The fourth-order valence-electron chi connectivity index (χ4n) is 2.60. The third kappa shape index (κ3) is 5.23. The van der Waals surface area contributed by atoms with Gasteiger partial charge >= 0.3 is 0 Å². The number of rotatable bonds is 9. The summed E-state index contributed by atoms with van der Waals surface area (Å²) in [5.74, 6) is 0. The molecule has 1 N–H and O–H groups in total. The second-order valence-corrected chi connectivity index (χ2v) is 5.51. The fourth-order valence-corrected chi connectivity index (χ4v) is 2.60. The van der Waals surface area contributed by atoms with Crippen molar-refractivity contribution in [3.8, 4) is 0 Å². The van der Waals surface area contributed by atoms with Crippen molar-refractivity contribution >= 4 is 0 Å². The molecule has 1 heterocycles. The van der Waals surface area contributed by atoms with Crippen LogP contribution in [0.25, 0.3) is 0 Å². The Morgan fingerprint density at radius 2 is 2.00 bits per heavy atom. The molecule has 0 saturated carbocycles. The van der Waals surface area contributed by atoms with Crippen LogP contribution in [0.5, 0.6) is 0 Å². The minimum absolute atomic E-state index is 0.836. The van der Waals surface area contributed by atoms with E-state index in [4.69, 9.17) is 4.74 Å². The van der Waals surface area contributed by atoms with Crippen LogP contribution in [-0.2, 0) is 17.7 Å². The van der Waals surface area contributed by atoms with E-state index in [9.17, 15) is 0 Å². The van der Waals surface area contributed by atoms with Gasteiger partial charge in [0.2, 0.25) is 0 Å². The molecule has 0 amide bonds. The average molecular weight is 276 g/mol. The lowest BCUT2D eigenvalue weighted by atomic mass is 10.00. The summed E-state index contributed by atoms with van der Waals surface area (Å²) >= 11 is 0. The first-order valence-electron chi connectivity index (χ1n) is 7.97. The van der Waals surface area contributed by atoms with Crippen LogP contribution in [0.3, 0.4) is 0 Å². The molecule has 0 bridgehead atoms. The maximum absolute atomic E-state index is 5.54. The van der Waals surface area contributed by atoms with Gasteiger partial charge in [-0.25, -0.2) is 0 Å². The zero-order chi connectivity index (χ0) is 14.0. The monoisotopic (exact) mass is 276 g/mol. The lowest BCUT2D eigenvalue weighted by Crippen LogP contribution is -2.36. The summed E-state index contributed by atoms with van der Waals surface area (Å²) < 4.78 is 5.54. The Labute approximate surface area is 123 Å². The van der Waals surface area contributed by atoms with E-state index in [1.54, 1.807) is 0 Å². The molecule has 0 aliphatic carbocycles. The van der Waals surface area contributed by atoms with Gasteiger partial charge in [-0.15, -0.1) is 0 Å². The molecule has 20 heavy (non-hydrogen) atoms. The molecule has 0 atom stereocenters. The van der Waals surface area contributed by atoms with Crippen molar-refractivity contribution in [2.45, 2.75) is 32.7 Å². The van der Waals surface area contributed by atoms with Crippen molar-refractivity contribution in [2.24, 2.45) is 0 Å². The van der Waals surface area contributed by atoms with Crippen LogP contribution < -0.4 is 5.32 Å². The Bertz CT molecular complexity index is 381. The first kappa shape index (κ1) is 15.5. The fraction of sp³-hybridized carbons (Fsp3) is 0.647. The second-order valence-electron chi connectivity index (χ2n) is 5.51. The van der Waals surface area contributed by atoms with Crippen molar-refractivity contribution in [1.29, 1.82) is 0 Å². The molecular weight excluding hydrogens is 248 g/mol. The predicted molar refractivity (Wildman–Crippen MR) is 84.0 cm³/mol. The van der Waals surface area contributed by atoms with Gasteiger partial charge in [0, 0.05) is 39.3 Å². The van der Waals surface area contributed by atoms with Crippen molar-refractivity contribution in [3.05, 3.63) is 35.4 Å². The Balaban J connectivity index is 1.53. The number of ether oxygens (including phenoxy) is 1. The van der Waals surface area contributed by atoms with Crippen molar-refractivity contribution in [2.75, 3.05) is 39.4 Å². The number of fused-ring (bicyclic) bond motifs is 1. The summed E-state index contributed by atoms with van der Waals surface area (Å²) in [5.41, 5.74) is 3.03. The summed E-state index contributed by atoms with van der Waals surface area (Å²) in [6.45, 7) is 9.37. The zero-order valence-corrected chi connectivity index (χ0v) is 12.7. The molecule has 1 aromatic carbocycles. The minimum atomic E-state index is 0.836. The van der Waals surface area contributed by atoms with Crippen molar-refractivity contribution in [3.63, 3.8) is 0 Å². The van der Waals surface area contributed by atoms with E-state index in [1.165, 1.54) is 36.9 Å². The van der Waals surface area contributed by atoms with Gasteiger partial charge in [0.1, 0.15) is 0 Å². The van der Waals surface area contributed by atoms with Crippen LogP contribution in [0.1, 0.15) is 30.9 Å². The zero-order valence-electron chi connectivity index (χ0n) is 12.7. The molecule has 0 radical (unpaired) electrons. The van der Waals surface area contributed by atoms with Gasteiger partial charge < -0.3 is 10.1 Å². The molecular formula is C17H28N2O. The van der Waals surface area contributed by atoms with E-state index in [0.29, 0.717) is 0 Å².